The highest BCUT2D eigenvalue weighted by molar-refractivity contribution is 5.88. The molecule has 1 atom stereocenters. The summed E-state index contributed by atoms with van der Waals surface area (Å²) in [4.78, 5) is 15.1. The molecule has 3 aliphatic rings. The number of benzene rings is 2. The zero-order valence-corrected chi connectivity index (χ0v) is 16.4. The normalized spacial score (nSPS) is 23.5. The molecule has 1 saturated carbocycles. The minimum absolute atomic E-state index is 0.0593. The number of hydrogen-bond donors (Lipinski definition) is 1. The lowest BCUT2D eigenvalue weighted by atomic mass is 9.64. The van der Waals surface area contributed by atoms with E-state index >= 15 is 0 Å². The number of carbonyl (C=O) groups excluding carboxylic acids is 1. The number of rotatable bonds is 4. The molecule has 1 aliphatic carbocycles. The number of likely N-dealkylation sites (tertiary alicyclic amines) is 1. The molecule has 1 N–H and O–H groups in total. The first-order valence-electron chi connectivity index (χ1n) is 10.4. The Hall–Kier alpha value is -2.27. The van der Waals surface area contributed by atoms with Gasteiger partial charge in [0.2, 0.25) is 0 Å². The third kappa shape index (κ3) is 2.93. The fraction of sp³-hybridized carbons (Fsp3) is 0.522. The Morgan fingerprint density at radius 2 is 2.00 bits per heavy atom. The van der Waals surface area contributed by atoms with Gasteiger partial charge < -0.3 is 19.7 Å². The van der Waals surface area contributed by atoms with E-state index in [0.717, 1.165) is 54.7 Å². The van der Waals surface area contributed by atoms with Crippen LogP contribution in [0.3, 0.4) is 0 Å². The third-order valence-electron chi connectivity index (χ3n) is 6.90. The molecule has 0 radical (unpaired) electrons. The number of nitrogens with zero attached hydrogens (tertiary/aromatic N) is 1. The molecule has 148 valence electrons. The maximum Gasteiger partial charge on any atom is 0.317 e. The number of ether oxygens (including phenoxy) is 2. The van der Waals surface area contributed by atoms with Gasteiger partial charge in [0.1, 0.15) is 5.75 Å². The molecule has 1 spiro atoms. The highest BCUT2D eigenvalue weighted by atomic mass is 16.5. The van der Waals surface area contributed by atoms with E-state index in [2.05, 4.69) is 28.4 Å². The Balaban J connectivity index is 1.32. The summed E-state index contributed by atoms with van der Waals surface area (Å²) < 4.78 is 11.2. The first-order chi connectivity index (χ1) is 13.7. The van der Waals surface area contributed by atoms with E-state index in [1.165, 1.54) is 12.8 Å². The molecule has 5 heteroatoms. The van der Waals surface area contributed by atoms with Gasteiger partial charge in [-0.05, 0) is 48.4 Å². The predicted molar refractivity (Wildman–Crippen MR) is 108 cm³/mol. The maximum atomic E-state index is 13.0. The average molecular weight is 380 g/mol. The van der Waals surface area contributed by atoms with Crippen LogP contribution in [0.5, 0.6) is 5.75 Å². The monoisotopic (exact) mass is 380 g/mol. The number of methoxy groups -OCH3 is 1. The van der Waals surface area contributed by atoms with Gasteiger partial charge in [-0.3, -0.25) is 0 Å². The van der Waals surface area contributed by atoms with Crippen molar-refractivity contribution in [3.8, 4) is 5.75 Å². The van der Waals surface area contributed by atoms with Gasteiger partial charge in [-0.15, -0.1) is 0 Å². The van der Waals surface area contributed by atoms with E-state index in [1.54, 1.807) is 7.11 Å². The van der Waals surface area contributed by atoms with E-state index in [0.29, 0.717) is 23.9 Å². The van der Waals surface area contributed by atoms with Crippen molar-refractivity contribution in [1.29, 1.82) is 0 Å². The van der Waals surface area contributed by atoms with Gasteiger partial charge in [-0.25, -0.2) is 4.79 Å². The lowest BCUT2D eigenvalue weighted by molar-refractivity contribution is -0.117. The fourth-order valence-electron chi connectivity index (χ4n) is 5.30. The van der Waals surface area contributed by atoms with E-state index in [9.17, 15) is 4.79 Å². The third-order valence-corrected chi connectivity index (χ3v) is 6.90. The standard InChI is InChI=1S/C23H28N2O3/c1-27-20-9-8-16-4-2-3-5-18(16)19(20)14-24-22(26)25-15-23(10-12-28-13-11-23)21(25)17-6-7-17/h2-5,8-9,17,21H,6-7,10-15H2,1H3,(H,24,26). The van der Waals surface area contributed by atoms with Crippen molar-refractivity contribution in [1.82, 2.24) is 10.2 Å². The van der Waals surface area contributed by atoms with Crippen molar-refractivity contribution in [2.45, 2.75) is 38.3 Å². The number of urea groups is 1. The first kappa shape index (κ1) is 17.8. The van der Waals surface area contributed by atoms with Crippen molar-refractivity contribution in [3.63, 3.8) is 0 Å². The van der Waals surface area contributed by atoms with Gasteiger partial charge in [0, 0.05) is 43.3 Å². The number of hydrogen-bond acceptors (Lipinski definition) is 3. The van der Waals surface area contributed by atoms with Crippen LogP contribution < -0.4 is 10.1 Å². The van der Waals surface area contributed by atoms with E-state index in [-0.39, 0.29) is 6.03 Å². The second kappa shape index (κ2) is 6.96. The Morgan fingerprint density at radius 1 is 1.21 bits per heavy atom. The molecule has 2 heterocycles. The molecular formula is C23H28N2O3. The summed E-state index contributed by atoms with van der Waals surface area (Å²) in [6.07, 6.45) is 4.70. The number of carbonyl (C=O) groups is 1. The summed E-state index contributed by atoms with van der Waals surface area (Å²) in [5.74, 6) is 1.51. The molecule has 0 bridgehead atoms. The van der Waals surface area contributed by atoms with Crippen LogP contribution in [0.4, 0.5) is 4.79 Å². The Morgan fingerprint density at radius 3 is 2.75 bits per heavy atom. The molecule has 5 rings (SSSR count). The highest BCUT2D eigenvalue weighted by Crippen LogP contribution is 2.54. The van der Waals surface area contributed by atoms with Crippen LogP contribution in [0.15, 0.2) is 36.4 Å². The smallest absolute Gasteiger partial charge is 0.317 e. The summed E-state index contributed by atoms with van der Waals surface area (Å²) in [6, 6.07) is 12.7. The zero-order valence-electron chi connectivity index (χ0n) is 16.4. The van der Waals surface area contributed by atoms with Crippen LogP contribution in [0.1, 0.15) is 31.2 Å². The lowest BCUT2D eigenvalue weighted by Crippen LogP contribution is -2.70. The Labute approximate surface area is 166 Å². The molecule has 1 unspecified atom stereocenters. The van der Waals surface area contributed by atoms with Crippen molar-refractivity contribution >= 4 is 16.8 Å². The quantitative estimate of drug-likeness (QED) is 0.874. The minimum atomic E-state index is 0.0593. The Kier molecular flexibility index (Phi) is 4.43. The molecule has 28 heavy (non-hydrogen) atoms. The molecule has 2 aromatic carbocycles. The minimum Gasteiger partial charge on any atom is -0.496 e. The predicted octanol–water partition coefficient (Wildman–Crippen LogP) is 3.95. The van der Waals surface area contributed by atoms with E-state index in [4.69, 9.17) is 9.47 Å². The van der Waals surface area contributed by atoms with Gasteiger partial charge in [-0.2, -0.15) is 0 Å². The molecule has 3 fully saturated rings. The molecule has 5 nitrogen and oxygen atoms in total. The zero-order chi connectivity index (χ0) is 19.1. The lowest BCUT2D eigenvalue weighted by Gasteiger charge is -2.59. The van der Waals surface area contributed by atoms with Crippen LogP contribution in [0, 0.1) is 11.3 Å². The molecule has 2 saturated heterocycles. The second-order valence-corrected chi connectivity index (χ2v) is 8.51. The van der Waals surface area contributed by atoms with Crippen molar-refractivity contribution in [2.75, 3.05) is 26.9 Å². The summed E-state index contributed by atoms with van der Waals surface area (Å²) in [5, 5.41) is 5.47. The van der Waals surface area contributed by atoms with Gasteiger partial charge in [0.25, 0.3) is 0 Å². The molecule has 2 aliphatic heterocycles. The highest BCUT2D eigenvalue weighted by Gasteiger charge is 2.59. The molecule has 2 amide bonds. The van der Waals surface area contributed by atoms with Crippen LogP contribution in [-0.2, 0) is 11.3 Å². The first-order valence-corrected chi connectivity index (χ1v) is 10.4. The summed E-state index contributed by atoms with van der Waals surface area (Å²) in [7, 11) is 1.68. The summed E-state index contributed by atoms with van der Waals surface area (Å²) >= 11 is 0. The van der Waals surface area contributed by atoms with Crippen molar-refractivity contribution in [3.05, 3.63) is 42.0 Å². The van der Waals surface area contributed by atoms with E-state index in [1.807, 2.05) is 18.2 Å². The van der Waals surface area contributed by atoms with Gasteiger partial charge in [0.05, 0.1) is 7.11 Å². The van der Waals surface area contributed by atoms with Crippen molar-refractivity contribution < 1.29 is 14.3 Å². The van der Waals surface area contributed by atoms with Gasteiger partial charge >= 0.3 is 6.03 Å². The Bertz CT molecular complexity index is 887. The molecule has 0 aromatic heterocycles. The van der Waals surface area contributed by atoms with E-state index < -0.39 is 0 Å². The number of nitrogens with one attached hydrogen (secondary N) is 1. The van der Waals surface area contributed by atoms with Crippen LogP contribution in [0.25, 0.3) is 10.8 Å². The summed E-state index contributed by atoms with van der Waals surface area (Å²) in [5.41, 5.74) is 1.34. The fourth-order valence-corrected chi connectivity index (χ4v) is 5.30. The van der Waals surface area contributed by atoms with Gasteiger partial charge in [-0.1, -0.05) is 30.3 Å². The number of amides is 2. The SMILES string of the molecule is COc1ccc2ccccc2c1CNC(=O)N1CC2(CCOCC2)C1C1CC1. The largest absolute Gasteiger partial charge is 0.496 e. The maximum absolute atomic E-state index is 13.0. The van der Waals surface area contributed by atoms with Crippen LogP contribution in [0.2, 0.25) is 0 Å². The topological polar surface area (TPSA) is 50.8 Å². The van der Waals surface area contributed by atoms with Crippen molar-refractivity contribution in [2.24, 2.45) is 11.3 Å². The molecular weight excluding hydrogens is 352 g/mol. The van der Waals surface area contributed by atoms with Crippen LogP contribution in [-0.4, -0.2) is 43.8 Å². The summed E-state index contributed by atoms with van der Waals surface area (Å²) in [6.45, 7) is 3.03. The van der Waals surface area contributed by atoms with Crippen LogP contribution >= 0.6 is 0 Å². The molecule has 2 aromatic rings. The van der Waals surface area contributed by atoms with Gasteiger partial charge in [0.15, 0.2) is 0 Å². The second-order valence-electron chi connectivity index (χ2n) is 8.51. The number of fused-ring (bicyclic) bond motifs is 1. The average Bonchev–Trinajstić information content (AvgIpc) is 3.55.